The number of aliphatic hydroxyl groups is 1. The standard InChI is InChI=1S/C27H30N2O6/c30-17-14-23(24(31)32)29(15-17)25(33)27(12-6-1-7-13-27)28-26(34)35-16-22-20-10-4-2-8-18(20)19-9-3-5-11-21(19)22/h2-5,8-11,17,22-23,30H,1,6-7,12-16H2,(H,28,34)(H,31,32)/t17?,23-/m0/s1. The molecule has 1 heterocycles. The van der Waals surface area contributed by atoms with Crippen molar-refractivity contribution in [3.63, 3.8) is 0 Å². The number of likely N-dealkylation sites (tertiary alicyclic amines) is 1. The molecule has 2 aliphatic carbocycles. The largest absolute Gasteiger partial charge is 0.480 e. The van der Waals surface area contributed by atoms with Gasteiger partial charge in [0.15, 0.2) is 0 Å². The van der Waals surface area contributed by atoms with E-state index in [1.165, 1.54) is 4.90 Å². The highest BCUT2D eigenvalue weighted by Gasteiger charge is 2.49. The van der Waals surface area contributed by atoms with Crippen molar-refractivity contribution in [2.24, 2.45) is 0 Å². The van der Waals surface area contributed by atoms with Gasteiger partial charge in [0.1, 0.15) is 18.2 Å². The average molecular weight is 479 g/mol. The number of carboxylic acids is 1. The number of carbonyl (C=O) groups excluding carboxylic acids is 2. The highest BCUT2D eigenvalue weighted by molar-refractivity contribution is 5.93. The molecule has 2 atom stereocenters. The van der Waals surface area contributed by atoms with Gasteiger partial charge in [-0.25, -0.2) is 9.59 Å². The molecule has 2 aromatic rings. The number of amides is 2. The fraction of sp³-hybridized carbons (Fsp3) is 0.444. The Balaban J connectivity index is 1.32. The van der Waals surface area contributed by atoms with Crippen molar-refractivity contribution in [3.8, 4) is 11.1 Å². The van der Waals surface area contributed by atoms with E-state index in [1.807, 2.05) is 36.4 Å². The third-order valence-electron chi connectivity index (χ3n) is 7.63. The Bertz CT molecular complexity index is 1100. The SMILES string of the molecule is O=C(NC1(C(=O)N2CC(O)C[C@H]2C(=O)O)CCCCC1)OCC1c2ccccc2-c2ccccc21. The predicted octanol–water partition coefficient (Wildman–Crippen LogP) is 3.27. The van der Waals surface area contributed by atoms with Crippen molar-refractivity contribution >= 4 is 18.0 Å². The van der Waals surface area contributed by atoms with Gasteiger partial charge in [0.05, 0.1) is 6.10 Å². The predicted molar refractivity (Wildman–Crippen MR) is 128 cm³/mol. The minimum Gasteiger partial charge on any atom is -0.480 e. The third-order valence-corrected chi connectivity index (χ3v) is 7.63. The summed E-state index contributed by atoms with van der Waals surface area (Å²) in [6.07, 6.45) is 1.65. The van der Waals surface area contributed by atoms with Crippen molar-refractivity contribution in [2.45, 2.75) is 62.1 Å². The normalized spacial score (nSPS) is 22.8. The topological polar surface area (TPSA) is 116 Å². The van der Waals surface area contributed by atoms with Crippen LogP contribution in [0.5, 0.6) is 0 Å². The fourth-order valence-corrected chi connectivity index (χ4v) is 5.92. The molecular weight excluding hydrogens is 448 g/mol. The minimum atomic E-state index is -1.22. The number of ether oxygens (including phenoxy) is 1. The smallest absolute Gasteiger partial charge is 0.408 e. The van der Waals surface area contributed by atoms with Crippen molar-refractivity contribution in [1.29, 1.82) is 0 Å². The Morgan fingerprint density at radius 3 is 2.17 bits per heavy atom. The molecule has 1 unspecified atom stereocenters. The Morgan fingerprint density at radius 1 is 0.971 bits per heavy atom. The molecule has 184 valence electrons. The van der Waals surface area contributed by atoms with Crippen LogP contribution in [-0.2, 0) is 14.3 Å². The van der Waals surface area contributed by atoms with Crippen LogP contribution >= 0.6 is 0 Å². The quantitative estimate of drug-likeness (QED) is 0.607. The number of aliphatic hydroxyl groups excluding tert-OH is 1. The van der Waals surface area contributed by atoms with Crippen LogP contribution < -0.4 is 5.32 Å². The maximum atomic E-state index is 13.6. The van der Waals surface area contributed by atoms with Crippen molar-refractivity contribution in [3.05, 3.63) is 59.7 Å². The Kier molecular flexibility index (Phi) is 6.23. The van der Waals surface area contributed by atoms with E-state index in [1.54, 1.807) is 0 Å². The number of carbonyl (C=O) groups is 3. The number of benzene rings is 2. The molecule has 3 aliphatic rings. The van der Waals surface area contributed by atoms with Gasteiger partial charge in [-0.1, -0.05) is 67.8 Å². The van der Waals surface area contributed by atoms with Crippen molar-refractivity contribution in [2.75, 3.05) is 13.2 Å². The molecule has 5 rings (SSSR count). The molecule has 1 saturated heterocycles. The number of fused-ring (bicyclic) bond motifs is 3. The van der Waals surface area contributed by atoms with Crippen LogP contribution in [0.3, 0.4) is 0 Å². The fourth-order valence-electron chi connectivity index (χ4n) is 5.92. The van der Waals surface area contributed by atoms with Gasteiger partial charge in [0.25, 0.3) is 0 Å². The number of hydrogen-bond acceptors (Lipinski definition) is 5. The molecule has 3 N–H and O–H groups in total. The Morgan fingerprint density at radius 2 is 1.57 bits per heavy atom. The number of nitrogens with zero attached hydrogens (tertiary/aromatic N) is 1. The zero-order chi connectivity index (χ0) is 24.6. The van der Waals surface area contributed by atoms with Gasteiger partial charge < -0.3 is 25.2 Å². The third kappa shape index (κ3) is 4.27. The lowest BCUT2D eigenvalue weighted by atomic mass is 9.80. The zero-order valence-corrected chi connectivity index (χ0v) is 19.5. The molecule has 8 heteroatoms. The van der Waals surface area contributed by atoms with Crippen molar-refractivity contribution < 1.29 is 29.3 Å². The number of hydrogen-bond donors (Lipinski definition) is 3. The summed E-state index contributed by atoms with van der Waals surface area (Å²) in [4.78, 5) is 39.5. The Hall–Kier alpha value is -3.39. The van der Waals surface area contributed by atoms with E-state index in [4.69, 9.17) is 4.74 Å². The van der Waals surface area contributed by atoms with E-state index >= 15 is 0 Å². The second-order valence-corrected chi connectivity index (χ2v) is 9.79. The van der Waals surface area contributed by atoms with Crippen LogP contribution in [0.2, 0.25) is 0 Å². The highest BCUT2D eigenvalue weighted by Crippen LogP contribution is 2.44. The van der Waals surface area contributed by atoms with E-state index in [2.05, 4.69) is 17.4 Å². The van der Waals surface area contributed by atoms with Crippen LogP contribution in [0, 0.1) is 0 Å². The number of nitrogens with one attached hydrogen (secondary N) is 1. The molecular formula is C27H30N2O6. The number of aliphatic carboxylic acids is 1. The first-order valence-electron chi connectivity index (χ1n) is 12.2. The number of carboxylic acid groups (broad SMARTS) is 1. The molecule has 0 aromatic heterocycles. The van der Waals surface area contributed by atoms with E-state index in [0.717, 1.165) is 41.5 Å². The molecule has 1 aliphatic heterocycles. The second kappa shape index (κ2) is 9.34. The van der Waals surface area contributed by atoms with Crippen molar-refractivity contribution in [1.82, 2.24) is 10.2 Å². The molecule has 1 saturated carbocycles. The number of rotatable bonds is 5. The van der Waals surface area contributed by atoms with E-state index in [-0.39, 0.29) is 25.5 Å². The summed E-state index contributed by atoms with van der Waals surface area (Å²) in [5.74, 6) is -1.70. The summed E-state index contributed by atoms with van der Waals surface area (Å²) in [6, 6.07) is 15.0. The lowest BCUT2D eigenvalue weighted by Gasteiger charge is -2.40. The first-order valence-corrected chi connectivity index (χ1v) is 12.2. The minimum absolute atomic E-state index is 0.0118. The second-order valence-electron chi connectivity index (χ2n) is 9.79. The summed E-state index contributed by atoms with van der Waals surface area (Å²) in [6.45, 7) is 0.0776. The first-order chi connectivity index (χ1) is 16.9. The average Bonchev–Trinajstić information content (AvgIpc) is 3.41. The maximum Gasteiger partial charge on any atom is 0.408 e. The van der Waals surface area contributed by atoms with Gasteiger partial charge in [-0.15, -0.1) is 0 Å². The molecule has 0 bridgehead atoms. The summed E-state index contributed by atoms with van der Waals surface area (Å²) in [7, 11) is 0. The zero-order valence-electron chi connectivity index (χ0n) is 19.5. The Labute approximate surface area is 203 Å². The molecule has 0 spiro atoms. The lowest BCUT2D eigenvalue weighted by Crippen LogP contribution is -2.62. The monoisotopic (exact) mass is 478 g/mol. The molecule has 2 fully saturated rings. The summed E-state index contributed by atoms with van der Waals surface area (Å²) < 4.78 is 5.69. The number of alkyl carbamates (subject to hydrolysis) is 1. The first kappa shape index (κ1) is 23.4. The van der Waals surface area contributed by atoms with Gasteiger partial charge in [-0.2, -0.15) is 0 Å². The van der Waals surface area contributed by atoms with E-state index in [0.29, 0.717) is 12.8 Å². The summed E-state index contributed by atoms with van der Waals surface area (Å²) >= 11 is 0. The summed E-state index contributed by atoms with van der Waals surface area (Å²) in [5.41, 5.74) is 3.23. The maximum absolute atomic E-state index is 13.6. The van der Waals surface area contributed by atoms with Gasteiger partial charge >= 0.3 is 12.1 Å². The van der Waals surface area contributed by atoms with Crippen LogP contribution in [0.25, 0.3) is 11.1 Å². The van der Waals surface area contributed by atoms with Crippen LogP contribution in [0.4, 0.5) is 4.79 Å². The van der Waals surface area contributed by atoms with Gasteiger partial charge in [0, 0.05) is 18.9 Å². The van der Waals surface area contributed by atoms with E-state index in [9.17, 15) is 24.6 Å². The van der Waals surface area contributed by atoms with Crippen LogP contribution in [-0.4, -0.2) is 63.9 Å². The van der Waals surface area contributed by atoms with Crippen LogP contribution in [0.15, 0.2) is 48.5 Å². The summed E-state index contributed by atoms with van der Waals surface area (Å²) in [5, 5.41) is 22.4. The number of β-amino-alcohol motifs (C(OH)–C–C–N with tert-alkyl or cyclic N) is 1. The molecule has 2 amide bonds. The van der Waals surface area contributed by atoms with Gasteiger partial charge in [-0.3, -0.25) is 4.79 Å². The molecule has 0 radical (unpaired) electrons. The van der Waals surface area contributed by atoms with Crippen LogP contribution in [0.1, 0.15) is 55.6 Å². The lowest BCUT2D eigenvalue weighted by molar-refractivity contribution is -0.151. The molecule has 2 aromatic carbocycles. The molecule has 8 nitrogen and oxygen atoms in total. The van der Waals surface area contributed by atoms with Gasteiger partial charge in [-0.05, 0) is 35.1 Å². The van der Waals surface area contributed by atoms with E-state index < -0.39 is 35.7 Å². The van der Waals surface area contributed by atoms with Gasteiger partial charge in [0.2, 0.25) is 5.91 Å². The molecule has 35 heavy (non-hydrogen) atoms. The highest BCUT2D eigenvalue weighted by atomic mass is 16.5.